The maximum absolute atomic E-state index is 12.5. The van der Waals surface area contributed by atoms with Gasteiger partial charge in [0.25, 0.3) is 5.91 Å². The Labute approximate surface area is 177 Å². The second-order valence-electron chi connectivity index (χ2n) is 7.82. The molecule has 0 saturated heterocycles. The molecule has 3 rings (SSSR count). The number of ether oxygens (including phenoxy) is 1. The zero-order valence-electron chi connectivity index (χ0n) is 17.4. The number of unbranched alkanes of at least 4 members (excludes halogenated alkanes) is 1. The van der Waals surface area contributed by atoms with Gasteiger partial charge in [0.15, 0.2) is 0 Å². The molecule has 0 bridgehead atoms. The third-order valence-electron chi connectivity index (χ3n) is 5.47. The zero-order valence-corrected chi connectivity index (χ0v) is 17.4. The predicted octanol–water partition coefficient (Wildman–Crippen LogP) is 4.06. The van der Waals surface area contributed by atoms with Crippen molar-refractivity contribution in [1.29, 1.82) is 5.41 Å². The van der Waals surface area contributed by atoms with Crippen LogP contribution in [0.15, 0.2) is 42.5 Å². The van der Waals surface area contributed by atoms with Gasteiger partial charge < -0.3 is 15.8 Å². The highest BCUT2D eigenvalue weighted by molar-refractivity contribution is 6.05. The molecule has 0 heterocycles. The number of carbonyl (C=O) groups is 2. The van der Waals surface area contributed by atoms with Crippen LogP contribution in [0.5, 0.6) is 0 Å². The van der Waals surface area contributed by atoms with Gasteiger partial charge in [-0.15, -0.1) is 0 Å². The molecule has 158 valence electrons. The normalized spacial score (nSPS) is 15.2. The molecule has 0 fully saturated rings. The lowest BCUT2D eigenvalue weighted by Crippen LogP contribution is -2.20. The minimum absolute atomic E-state index is 0.0239. The number of esters is 1. The summed E-state index contributed by atoms with van der Waals surface area (Å²) < 4.78 is 5.29. The van der Waals surface area contributed by atoms with Crippen LogP contribution in [-0.2, 0) is 22.4 Å². The molecule has 1 amide bonds. The molecule has 6 heteroatoms. The summed E-state index contributed by atoms with van der Waals surface area (Å²) in [4.78, 5) is 24.5. The Kier molecular flexibility index (Phi) is 7.22. The fourth-order valence-corrected chi connectivity index (χ4v) is 3.71. The van der Waals surface area contributed by atoms with Crippen molar-refractivity contribution in [2.45, 2.75) is 45.4 Å². The van der Waals surface area contributed by atoms with Crippen LogP contribution in [0.1, 0.15) is 59.7 Å². The summed E-state index contributed by atoms with van der Waals surface area (Å²) in [6.45, 7) is 2.59. The van der Waals surface area contributed by atoms with Gasteiger partial charge in [0.2, 0.25) is 0 Å². The van der Waals surface area contributed by atoms with Crippen molar-refractivity contribution in [3.05, 3.63) is 64.7 Å². The van der Waals surface area contributed by atoms with Crippen molar-refractivity contribution in [2.24, 2.45) is 11.7 Å². The average molecular weight is 408 g/mol. The molecule has 1 unspecified atom stereocenters. The lowest BCUT2D eigenvalue weighted by Gasteiger charge is -2.24. The number of hydrogen-bond acceptors (Lipinski definition) is 4. The fourth-order valence-electron chi connectivity index (χ4n) is 3.71. The SMILES string of the molecule is CCCCOC(=O)CC1CCc2cc(NC(=O)c3ccc(C(=N)N)cc3)ccc2C1. The topological polar surface area (TPSA) is 105 Å². The number of amides is 1. The van der Waals surface area contributed by atoms with E-state index < -0.39 is 0 Å². The molecule has 1 aliphatic rings. The second kappa shape index (κ2) is 10.1. The van der Waals surface area contributed by atoms with Gasteiger partial charge in [-0.3, -0.25) is 15.0 Å². The molecule has 0 spiro atoms. The molecule has 0 radical (unpaired) electrons. The van der Waals surface area contributed by atoms with Crippen LogP contribution in [0.2, 0.25) is 0 Å². The third kappa shape index (κ3) is 5.69. The maximum Gasteiger partial charge on any atom is 0.306 e. The number of fused-ring (bicyclic) bond motifs is 1. The number of nitrogens with two attached hydrogens (primary N) is 1. The summed E-state index contributed by atoms with van der Waals surface area (Å²) in [6.07, 6.45) is 5.09. The first-order chi connectivity index (χ1) is 14.5. The molecule has 0 aromatic heterocycles. The molecule has 6 nitrogen and oxygen atoms in total. The molecular formula is C24H29N3O3. The number of rotatable bonds is 8. The predicted molar refractivity (Wildman–Crippen MR) is 118 cm³/mol. The Bertz CT molecular complexity index is 922. The van der Waals surface area contributed by atoms with E-state index in [0.717, 1.165) is 37.8 Å². The van der Waals surface area contributed by atoms with Crippen molar-refractivity contribution >= 4 is 23.4 Å². The molecule has 1 aliphatic carbocycles. The van der Waals surface area contributed by atoms with Gasteiger partial charge >= 0.3 is 5.97 Å². The Morgan fingerprint density at radius 2 is 1.87 bits per heavy atom. The van der Waals surface area contributed by atoms with Crippen molar-refractivity contribution in [1.82, 2.24) is 0 Å². The van der Waals surface area contributed by atoms with E-state index in [1.807, 2.05) is 18.2 Å². The number of amidine groups is 1. The molecule has 4 N–H and O–H groups in total. The quantitative estimate of drug-likeness (QED) is 0.265. The number of benzene rings is 2. The number of anilines is 1. The summed E-state index contributed by atoms with van der Waals surface area (Å²) >= 11 is 0. The van der Waals surface area contributed by atoms with Crippen LogP contribution in [0.3, 0.4) is 0 Å². The second-order valence-corrected chi connectivity index (χ2v) is 7.82. The molecule has 0 aliphatic heterocycles. The molecular weight excluding hydrogens is 378 g/mol. The number of hydrogen-bond donors (Lipinski definition) is 3. The smallest absolute Gasteiger partial charge is 0.306 e. The highest BCUT2D eigenvalue weighted by Gasteiger charge is 2.22. The molecule has 2 aromatic rings. The van der Waals surface area contributed by atoms with Crippen LogP contribution in [-0.4, -0.2) is 24.3 Å². The minimum atomic E-state index is -0.200. The van der Waals surface area contributed by atoms with Crippen molar-refractivity contribution < 1.29 is 14.3 Å². The van der Waals surface area contributed by atoms with E-state index in [2.05, 4.69) is 12.2 Å². The van der Waals surface area contributed by atoms with Gasteiger partial charge in [0, 0.05) is 23.2 Å². The lowest BCUT2D eigenvalue weighted by molar-refractivity contribution is -0.145. The van der Waals surface area contributed by atoms with Gasteiger partial charge in [-0.25, -0.2) is 0 Å². The largest absolute Gasteiger partial charge is 0.466 e. The number of carbonyl (C=O) groups excluding carboxylic acids is 2. The molecule has 0 saturated carbocycles. The average Bonchev–Trinajstić information content (AvgIpc) is 2.74. The lowest BCUT2D eigenvalue weighted by atomic mass is 9.82. The van der Waals surface area contributed by atoms with Gasteiger partial charge in [-0.05, 0) is 67.0 Å². The summed E-state index contributed by atoms with van der Waals surface area (Å²) in [5.41, 5.74) is 9.76. The van der Waals surface area contributed by atoms with Gasteiger partial charge in [-0.2, -0.15) is 0 Å². The van der Waals surface area contributed by atoms with Gasteiger partial charge in [0.1, 0.15) is 5.84 Å². The molecule has 1 atom stereocenters. The zero-order chi connectivity index (χ0) is 21.5. The van der Waals surface area contributed by atoms with Crippen molar-refractivity contribution in [3.63, 3.8) is 0 Å². The van der Waals surface area contributed by atoms with E-state index in [9.17, 15) is 9.59 Å². The Hall–Kier alpha value is -3.15. The molecule has 30 heavy (non-hydrogen) atoms. The summed E-state index contributed by atoms with van der Waals surface area (Å²) in [7, 11) is 0. The van der Waals surface area contributed by atoms with E-state index in [0.29, 0.717) is 30.1 Å². The number of aryl methyl sites for hydroxylation is 1. The maximum atomic E-state index is 12.5. The van der Waals surface area contributed by atoms with Crippen LogP contribution in [0.4, 0.5) is 5.69 Å². The monoisotopic (exact) mass is 407 g/mol. The van der Waals surface area contributed by atoms with E-state index in [1.54, 1.807) is 24.3 Å². The summed E-state index contributed by atoms with van der Waals surface area (Å²) in [5, 5.41) is 10.4. The first kappa shape index (κ1) is 21.6. The van der Waals surface area contributed by atoms with Crippen molar-refractivity contribution in [2.75, 3.05) is 11.9 Å². The van der Waals surface area contributed by atoms with Crippen LogP contribution >= 0.6 is 0 Å². The van der Waals surface area contributed by atoms with Crippen LogP contribution in [0.25, 0.3) is 0 Å². The van der Waals surface area contributed by atoms with E-state index in [-0.39, 0.29) is 17.7 Å². The highest BCUT2D eigenvalue weighted by atomic mass is 16.5. The number of nitrogens with one attached hydrogen (secondary N) is 2. The van der Waals surface area contributed by atoms with E-state index >= 15 is 0 Å². The minimum Gasteiger partial charge on any atom is -0.466 e. The van der Waals surface area contributed by atoms with Crippen LogP contribution in [0, 0.1) is 11.3 Å². The third-order valence-corrected chi connectivity index (χ3v) is 5.47. The van der Waals surface area contributed by atoms with Crippen LogP contribution < -0.4 is 11.1 Å². The first-order valence-corrected chi connectivity index (χ1v) is 10.5. The van der Waals surface area contributed by atoms with Gasteiger partial charge in [-0.1, -0.05) is 31.5 Å². The first-order valence-electron chi connectivity index (χ1n) is 10.5. The molecule has 2 aromatic carbocycles. The summed E-state index contributed by atoms with van der Waals surface area (Å²) in [6, 6.07) is 12.6. The van der Waals surface area contributed by atoms with E-state index in [1.165, 1.54) is 11.1 Å². The highest BCUT2D eigenvalue weighted by Crippen LogP contribution is 2.30. The summed E-state index contributed by atoms with van der Waals surface area (Å²) in [5.74, 6) is -0.0128. The Balaban J connectivity index is 1.57. The van der Waals surface area contributed by atoms with E-state index in [4.69, 9.17) is 15.9 Å². The standard InChI is InChI=1S/C24H29N3O3/c1-2-3-12-30-22(28)14-16-4-5-20-15-21(11-10-19(20)13-16)27-24(29)18-8-6-17(7-9-18)23(25)26/h6-11,15-16H,2-5,12-14H2,1H3,(H3,25,26)(H,27,29). The van der Waals surface area contributed by atoms with Gasteiger partial charge in [0.05, 0.1) is 6.61 Å². The Morgan fingerprint density at radius 3 is 2.57 bits per heavy atom. The fraction of sp³-hybridized carbons (Fsp3) is 0.375. The van der Waals surface area contributed by atoms with Crippen molar-refractivity contribution in [3.8, 4) is 0 Å². The Morgan fingerprint density at radius 1 is 1.13 bits per heavy atom. The number of nitrogen functional groups attached to an aromatic ring is 1.